The standard InChI is InChI=1S/C13H16N2O2/c1-3-5-7-8-6-9-11(10(7)8)14-15-12(9)13(16)17-4-2/h3,5,7-8,10H,4,6H2,1-2H3,(H,14,15)/t7-,8+,10-/m1/s1. The van der Waals surface area contributed by atoms with E-state index >= 15 is 0 Å². The predicted octanol–water partition coefficient (Wildman–Crippen LogP) is 2.05. The number of nitrogens with one attached hydrogen (secondary N) is 1. The molecule has 0 spiro atoms. The van der Waals surface area contributed by atoms with Gasteiger partial charge < -0.3 is 4.74 Å². The lowest BCUT2D eigenvalue weighted by molar-refractivity contribution is 0.0518. The summed E-state index contributed by atoms with van der Waals surface area (Å²) in [6.07, 6.45) is 5.31. The highest BCUT2D eigenvalue weighted by Gasteiger charge is 2.56. The molecule has 0 amide bonds. The molecule has 90 valence electrons. The molecule has 3 atom stereocenters. The van der Waals surface area contributed by atoms with Crippen molar-refractivity contribution in [2.75, 3.05) is 6.61 Å². The van der Waals surface area contributed by atoms with Crippen LogP contribution in [-0.2, 0) is 11.2 Å². The van der Waals surface area contributed by atoms with Gasteiger partial charge in [0.1, 0.15) is 0 Å². The van der Waals surface area contributed by atoms with Crippen molar-refractivity contribution in [2.24, 2.45) is 11.8 Å². The van der Waals surface area contributed by atoms with Crippen LogP contribution in [0.15, 0.2) is 12.2 Å². The number of ether oxygens (including phenoxy) is 1. The number of carbonyl (C=O) groups is 1. The number of allylic oxidation sites excluding steroid dienone is 2. The van der Waals surface area contributed by atoms with Crippen LogP contribution in [0.1, 0.15) is 41.5 Å². The summed E-state index contributed by atoms with van der Waals surface area (Å²) >= 11 is 0. The number of esters is 1. The van der Waals surface area contributed by atoms with Gasteiger partial charge in [-0.2, -0.15) is 5.10 Å². The molecule has 3 rings (SSSR count). The van der Waals surface area contributed by atoms with Gasteiger partial charge in [0.05, 0.1) is 6.61 Å². The van der Waals surface area contributed by atoms with Crippen molar-refractivity contribution < 1.29 is 9.53 Å². The van der Waals surface area contributed by atoms with E-state index in [4.69, 9.17) is 4.74 Å². The van der Waals surface area contributed by atoms with Crippen LogP contribution in [0.5, 0.6) is 0 Å². The minimum absolute atomic E-state index is 0.297. The molecule has 0 bridgehead atoms. The molecule has 17 heavy (non-hydrogen) atoms. The van der Waals surface area contributed by atoms with Gasteiger partial charge in [-0.1, -0.05) is 12.2 Å². The molecule has 1 N–H and O–H groups in total. The first-order valence-corrected chi connectivity index (χ1v) is 6.15. The van der Waals surface area contributed by atoms with Crippen LogP contribution in [0.3, 0.4) is 0 Å². The summed E-state index contributed by atoms with van der Waals surface area (Å²) in [5.41, 5.74) is 2.73. The van der Waals surface area contributed by atoms with E-state index in [0.717, 1.165) is 17.7 Å². The lowest BCUT2D eigenvalue weighted by Crippen LogP contribution is -2.08. The Bertz CT molecular complexity index is 490. The van der Waals surface area contributed by atoms with Gasteiger partial charge in [-0.15, -0.1) is 0 Å². The van der Waals surface area contributed by atoms with Crippen LogP contribution < -0.4 is 0 Å². The number of aromatic amines is 1. The van der Waals surface area contributed by atoms with E-state index in [2.05, 4.69) is 22.3 Å². The third kappa shape index (κ3) is 1.43. The molecule has 0 unspecified atom stereocenters. The zero-order valence-corrected chi connectivity index (χ0v) is 10.1. The third-order valence-corrected chi connectivity index (χ3v) is 3.79. The number of rotatable bonds is 3. The molecule has 0 aliphatic heterocycles. The molecule has 0 radical (unpaired) electrons. The van der Waals surface area contributed by atoms with Crippen LogP contribution >= 0.6 is 0 Å². The first kappa shape index (κ1) is 10.6. The number of H-pyrrole nitrogens is 1. The fraction of sp³-hybridized carbons (Fsp3) is 0.538. The molecule has 0 aromatic carbocycles. The van der Waals surface area contributed by atoms with Crippen LogP contribution in [0.2, 0.25) is 0 Å². The molecule has 2 aliphatic rings. The summed E-state index contributed by atoms with van der Waals surface area (Å²) in [6.45, 7) is 4.25. The molecular formula is C13H16N2O2. The van der Waals surface area contributed by atoms with Gasteiger partial charge in [-0.25, -0.2) is 4.79 Å². The smallest absolute Gasteiger partial charge is 0.359 e. The Balaban J connectivity index is 1.84. The SMILES string of the molecule is CC=C[C@@H]1[C@@H]2Cc3c(C(=O)OCC)n[nH]c3[C@H]12. The van der Waals surface area contributed by atoms with Gasteiger partial charge in [0.15, 0.2) is 5.69 Å². The Hall–Kier alpha value is -1.58. The molecule has 4 nitrogen and oxygen atoms in total. The van der Waals surface area contributed by atoms with Crippen molar-refractivity contribution in [3.8, 4) is 0 Å². The fourth-order valence-electron chi connectivity index (χ4n) is 3.02. The van der Waals surface area contributed by atoms with E-state index < -0.39 is 0 Å². The van der Waals surface area contributed by atoms with Crippen molar-refractivity contribution in [2.45, 2.75) is 26.2 Å². The van der Waals surface area contributed by atoms with E-state index in [0.29, 0.717) is 30.1 Å². The first-order chi connectivity index (χ1) is 8.27. The summed E-state index contributed by atoms with van der Waals surface area (Å²) in [5.74, 6) is 1.57. The van der Waals surface area contributed by atoms with Gasteiger partial charge in [-0.3, -0.25) is 5.10 Å². The van der Waals surface area contributed by atoms with Gasteiger partial charge in [0.2, 0.25) is 0 Å². The lowest BCUT2D eigenvalue weighted by atomic mass is 10.1. The maximum absolute atomic E-state index is 11.7. The van der Waals surface area contributed by atoms with E-state index in [1.54, 1.807) is 0 Å². The van der Waals surface area contributed by atoms with Gasteiger partial charge in [-0.05, 0) is 32.1 Å². The molecule has 1 aromatic heterocycles. The normalized spacial score (nSPS) is 29.2. The van der Waals surface area contributed by atoms with Crippen molar-refractivity contribution >= 4 is 5.97 Å². The number of fused-ring (bicyclic) bond motifs is 3. The van der Waals surface area contributed by atoms with Crippen LogP contribution in [0.25, 0.3) is 0 Å². The molecule has 1 heterocycles. The van der Waals surface area contributed by atoms with Gasteiger partial charge >= 0.3 is 5.97 Å². The predicted molar refractivity (Wildman–Crippen MR) is 62.8 cm³/mol. The Labute approximate surface area is 100 Å². The van der Waals surface area contributed by atoms with Gasteiger partial charge in [0, 0.05) is 17.2 Å². The topological polar surface area (TPSA) is 55.0 Å². The minimum atomic E-state index is -0.297. The Morgan fingerprint density at radius 2 is 2.47 bits per heavy atom. The third-order valence-electron chi connectivity index (χ3n) is 3.79. The highest BCUT2D eigenvalue weighted by atomic mass is 16.5. The second kappa shape index (κ2) is 3.72. The molecular weight excluding hydrogens is 216 g/mol. The molecule has 1 fully saturated rings. The van der Waals surface area contributed by atoms with E-state index in [9.17, 15) is 4.79 Å². The zero-order valence-electron chi connectivity index (χ0n) is 10.1. The quantitative estimate of drug-likeness (QED) is 0.641. The molecule has 1 saturated carbocycles. The summed E-state index contributed by atoms with van der Waals surface area (Å²) in [5, 5.41) is 7.13. The minimum Gasteiger partial charge on any atom is -0.461 e. The van der Waals surface area contributed by atoms with E-state index in [1.165, 1.54) is 0 Å². The molecule has 2 aliphatic carbocycles. The number of hydrogen-bond donors (Lipinski definition) is 1. The maximum atomic E-state index is 11.7. The van der Waals surface area contributed by atoms with Gasteiger partial charge in [0.25, 0.3) is 0 Å². The highest BCUT2D eigenvalue weighted by Crippen LogP contribution is 2.61. The summed E-state index contributed by atoms with van der Waals surface area (Å²) in [6, 6.07) is 0. The number of carbonyl (C=O) groups excluding carboxylic acids is 1. The van der Waals surface area contributed by atoms with Crippen molar-refractivity contribution in [3.63, 3.8) is 0 Å². The Morgan fingerprint density at radius 1 is 1.65 bits per heavy atom. The van der Waals surface area contributed by atoms with Crippen molar-refractivity contribution in [3.05, 3.63) is 29.1 Å². The monoisotopic (exact) mass is 232 g/mol. The lowest BCUT2D eigenvalue weighted by Gasteiger charge is -2.01. The maximum Gasteiger partial charge on any atom is 0.359 e. The van der Waals surface area contributed by atoms with Crippen LogP contribution in [-0.4, -0.2) is 22.8 Å². The molecule has 0 saturated heterocycles. The van der Waals surface area contributed by atoms with Crippen molar-refractivity contribution in [1.82, 2.24) is 10.2 Å². The van der Waals surface area contributed by atoms with Crippen LogP contribution in [0.4, 0.5) is 0 Å². The largest absolute Gasteiger partial charge is 0.461 e. The average molecular weight is 232 g/mol. The zero-order chi connectivity index (χ0) is 12.0. The fourth-order valence-corrected chi connectivity index (χ4v) is 3.02. The summed E-state index contributed by atoms with van der Waals surface area (Å²) in [4.78, 5) is 11.7. The Morgan fingerprint density at radius 3 is 3.18 bits per heavy atom. The number of nitrogens with zero attached hydrogens (tertiary/aromatic N) is 1. The average Bonchev–Trinajstić information content (AvgIpc) is 2.70. The second-order valence-corrected chi connectivity index (χ2v) is 4.68. The molecule has 4 heteroatoms. The van der Waals surface area contributed by atoms with E-state index in [-0.39, 0.29) is 5.97 Å². The summed E-state index contributed by atoms with van der Waals surface area (Å²) in [7, 11) is 0. The van der Waals surface area contributed by atoms with Crippen molar-refractivity contribution in [1.29, 1.82) is 0 Å². The molecule has 1 aromatic rings. The number of aromatic nitrogens is 2. The number of hydrogen-bond acceptors (Lipinski definition) is 3. The highest BCUT2D eigenvalue weighted by molar-refractivity contribution is 5.89. The van der Waals surface area contributed by atoms with E-state index in [1.807, 2.05) is 13.8 Å². The summed E-state index contributed by atoms with van der Waals surface area (Å²) < 4.78 is 5.00. The second-order valence-electron chi connectivity index (χ2n) is 4.68. The van der Waals surface area contributed by atoms with Crippen LogP contribution in [0, 0.1) is 11.8 Å². The Kier molecular flexibility index (Phi) is 2.31. The first-order valence-electron chi connectivity index (χ1n) is 6.15.